The molecule has 3 N–H and O–H groups in total. The Kier molecular flexibility index (Phi) is 10.9. The molecule has 1 radical (unpaired) electrons. The quantitative estimate of drug-likeness (QED) is 0.157. The molecule has 0 aliphatic heterocycles. The van der Waals surface area contributed by atoms with Crippen molar-refractivity contribution >= 4 is 50.7 Å². The van der Waals surface area contributed by atoms with E-state index in [1.165, 1.54) is 16.3 Å². The molecular formula is C37H32CoN2O4. The SMILES string of the molecule is CC(=O)O.Oc1c(C=NCC(Cc2cccc3ccccc23)N=Cc2ccc3ccccc3c2O)ccc2ccccc12.[Co]. The molecule has 6 nitrogen and oxygen atoms in total. The molecule has 0 amide bonds. The van der Waals surface area contributed by atoms with Crippen molar-refractivity contribution in [2.75, 3.05) is 6.54 Å². The number of phenols is 2. The van der Waals surface area contributed by atoms with Gasteiger partial charge in [0, 0.05) is 58.0 Å². The Hall–Kier alpha value is -4.98. The molecule has 223 valence electrons. The molecule has 0 aromatic heterocycles. The number of carboxylic acid groups (broad SMARTS) is 1. The van der Waals surface area contributed by atoms with Crippen LogP contribution in [0.3, 0.4) is 0 Å². The van der Waals surface area contributed by atoms with Gasteiger partial charge >= 0.3 is 0 Å². The summed E-state index contributed by atoms with van der Waals surface area (Å²) in [6, 6.07) is 37.8. The number of phenolic OH excluding ortho intramolecular Hbond substituents is 2. The minimum absolute atomic E-state index is 0. The summed E-state index contributed by atoms with van der Waals surface area (Å²) < 4.78 is 0. The zero-order chi connectivity index (χ0) is 30.2. The monoisotopic (exact) mass is 627 g/mol. The number of fused-ring (bicyclic) bond motifs is 3. The van der Waals surface area contributed by atoms with Crippen LogP contribution >= 0.6 is 0 Å². The molecule has 0 aliphatic carbocycles. The van der Waals surface area contributed by atoms with Gasteiger partial charge in [-0.25, -0.2) is 0 Å². The average molecular weight is 628 g/mol. The maximum Gasteiger partial charge on any atom is 0.300 e. The first-order valence-electron chi connectivity index (χ1n) is 14.0. The van der Waals surface area contributed by atoms with E-state index in [0.29, 0.717) is 24.1 Å². The van der Waals surface area contributed by atoms with E-state index in [2.05, 4.69) is 36.4 Å². The van der Waals surface area contributed by atoms with Crippen molar-refractivity contribution in [2.45, 2.75) is 19.4 Å². The van der Waals surface area contributed by atoms with Gasteiger partial charge in [0.15, 0.2) is 0 Å². The second-order valence-electron chi connectivity index (χ2n) is 10.2. The zero-order valence-electron chi connectivity index (χ0n) is 24.1. The number of carboxylic acids is 1. The van der Waals surface area contributed by atoms with Crippen LogP contribution in [0.15, 0.2) is 125 Å². The van der Waals surface area contributed by atoms with Gasteiger partial charge in [0.05, 0.1) is 12.6 Å². The predicted molar refractivity (Wildman–Crippen MR) is 176 cm³/mol. The van der Waals surface area contributed by atoms with Crippen LogP contribution in [0.25, 0.3) is 32.3 Å². The molecule has 0 aliphatic rings. The van der Waals surface area contributed by atoms with Crippen LogP contribution in [0, 0.1) is 0 Å². The molecule has 1 unspecified atom stereocenters. The van der Waals surface area contributed by atoms with Crippen LogP contribution in [0.5, 0.6) is 11.5 Å². The second-order valence-corrected chi connectivity index (χ2v) is 10.2. The second kappa shape index (κ2) is 15.0. The van der Waals surface area contributed by atoms with Gasteiger partial charge < -0.3 is 15.3 Å². The number of benzene rings is 6. The number of rotatable bonds is 7. The number of nitrogens with zero attached hydrogens (tertiary/aromatic N) is 2. The fourth-order valence-corrected chi connectivity index (χ4v) is 5.10. The molecule has 0 saturated heterocycles. The molecule has 6 aromatic carbocycles. The summed E-state index contributed by atoms with van der Waals surface area (Å²) in [6.45, 7) is 1.51. The van der Waals surface area contributed by atoms with Crippen molar-refractivity contribution in [3.63, 3.8) is 0 Å². The van der Waals surface area contributed by atoms with Crippen LogP contribution in [0.4, 0.5) is 0 Å². The minimum Gasteiger partial charge on any atom is -0.507 e. The first-order valence-corrected chi connectivity index (χ1v) is 14.0. The molecule has 0 bridgehead atoms. The van der Waals surface area contributed by atoms with E-state index in [-0.39, 0.29) is 34.3 Å². The summed E-state index contributed by atoms with van der Waals surface area (Å²) in [6.07, 6.45) is 4.16. The molecular weight excluding hydrogens is 595 g/mol. The summed E-state index contributed by atoms with van der Waals surface area (Å²) in [5.74, 6) is -0.377. The number of hydrogen-bond donors (Lipinski definition) is 3. The summed E-state index contributed by atoms with van der Waals surface area (Å²) in [5.41, 5.74) is 2.54. The number of aromatic hydroxyl groups is 2. The fraction of sp³-hybridized carbons (Fsp3) is 0.108. The number of aliphatic imine (C=N–C) groups is 2. The van der Waals surface area contributed by atoms with Gasteiger partial charge in [-0.2, -0.15) is 0 Å². The normalized spacial score (nSPS) is 11.8. The maximum absolute atomic E-state index is 10.9. The summed E-state index contributed by atoms with van der Waals surface area (Å²) in [5, 5.41) is 35.1. The van der Waals surface area contributed by atoms with Gasteiger partial charge in [0.1, 0.15) is 11.5 Å². The van der Waals surface area contributed by atoms with Crippen molar-refractivity contribution in [1.82, 2.24) is 0 Å². The van der Waals surface area contributed by atoms with Crippen LogP contribution in [0.1, 0.15) is 23.6 Å². The van der Waals surface area contributed by atoms with Gasteiger partial charge in [0.25, 0.3) is 5.97 Å². The van der Waals surface area contributed by atoms with E-state index in [4.69, 9.17) is 19.9 Å². The third kappa shape index (κ3) is 7.69. The van der Waals surface area contributed by atoms with E-state index >= 15 is 0 Å². The largest absolute Gasteiger partial charge is 0.507 e. The van der Waals surface area contributed by atoms with E-state index in [0.717, 1.165) is 28.5 Å². The zero-order valence-corrected chi connectivity index (χ0v) is 25.1. The molecule has 44 heavy (non-hydrogen) atoms. The predicted octanol–water partition coefficient (Wildman–Crippen LogP) is 7.80. The first kappa shape index (κ1) is 31.9. The Bertz CT molecular complexity index is 1960. The molecule has 6 rings (SSSR count). The minimum atomic E-state index is -0.833. The average Bonchev–Trinajstić information content (AvgIpc) is 3.02. The number of hydrogen-bond acceptors (Lipinski definition) is 5. The van der Waals surface area contributed by atoms with Crippen LogP contribution in [-0.2, 0) is 28.0 Å². The molecule has 7 heteroatoms. The number of aliphatic carboxylic acids is 1. The Morgan fingerprint density at radius 2 is 1.11 bits per heavy atom. The summed E-state index contributed by atoms with van der Waals surface area (Å²) in [7, 11) is 0. The van der Waals surface area contributed by atoms with E-state index in [1.54, 1.807) is 12.4 Å². The van der Waals surface area contributed by atoms with Crippen LogP contribution in [0.2, 0.25) is 0 Å². The van der Waals surface area contributed by atoms with E-state index in [9.17, 15) is 10.2 Å². The van der Waals surface area contributed by atoms with E-state index in [1.807, 2.05) is 78.9 Å². The van der Waals surface area contributed by atoms with Gasteiger partial charge in [0.2, 0.25) is 0 Å². The molecule has 0 heterocycles. The van der Waals surface area contributed by atoms with E-state index < -0.39 is 5.97 Å². The molecule has 1 atom stereocenters. The standard InChI is InChI=1S/C35H28N2O2.C2H4O2.Co/c38-34-28(18-16-25-9-2-5-14-32(25)34)21-36-23-30(20-27-12-7-11-24-8-1-4-13-31(24)27)37-22-29-19-17-26-10-3-6-15-33(26)35(29)39;1-2(3)4;/h1-19,21-22,30,38-39H,20,23H2;1H3,(H,3,4);. The van der Waals surface area contributed by atoms with Gasteiger partial charge in [-0.15, -0.1) is 0 Å². The summed E-state index contributed by atoms with van der Waals surface area (Å²) >= 11 is 0. The van der Waals surface area contributed by atoms with Gasteiger partial charge in [-0.1, -0.05) is 103 Å². The van der Waals surface area contributed by atoms with Gasteiger partial charge in [-0.3, -0.25) is 14.8 Å². The Morgan fingerprint density at radius 1 is 0.659 bits per heavy atom. The topological polar surface area (TPSA) is 102 Å². The third-order valence-electron chi connectivity index (χ3n) is 7.17. The smallest absolute Gasteiger partial charge is 0.300 e. The Morgan fingerprint density at radius 3 is 1.68 bits per heavy atom. The van der Waals surface area contributed by atoms with Crippen molar-refractivity contribution in [3.8, 4) is 11.5 Å². The van der Waals surface area contributed by atoms with Crippen molar-refractivity contribution < 1.29 is 36.9 Å². The third-order valence-corrected chi connectivity index (χ3v) is 7.17. The molecule has 0 spiro atoms. The molecule has 6 aromatic rings. The van der Waals surface area contributed by atoms with Crippen molar-refractivity contribution in [3.05, 3.63) is 132 Å². The van der Waals surface area contributed by atoms with Crippen LogP contribution < -0.4 is 0 Å². The Labute approximate surface area is 266 Å². The molecule has 0 saturated carbocycles. The van der Waals surface area contributed by atoms with Crippen molar-refractivity contribution in [1.29, 1.82) is 0 Å². The Balaban J connectivity index is 0.000000834. The van der Waals surface area contributed by atoms with Crippen LogP contribution in [-0.4, -0.2) is 46.3 Å². The van der Waals surface area contributed by atoms with Gasteiger partial charge in [-0.05, 0) is 45.7 Å². The fourth-order valence-electron chi connectivity index (χ4n) is 5.10. The molecule has 0 fully saturated rings. The van der Waals surface area contributed by atoms with Crippen molar-refractivity contribution in [2.24, 2.45) is 9.98 Å². The maximum atomic E-state index is 10.9. The number of carbonyl (C=O) groups is 1. The first-order chi connectivity index (χ1) is 20.9. The summed E-state index contributed by atoms with van der Waals surface area (Å²) in [4.78, 5) is 18.6.